The number of aromatic nitrogens is 1. The molecule has 0 radical (unpaired) electrons. The number of ether oxygens (including phenoxy) is 2. The number of amides is 1. The normalized spacial score (nSPS) is 21.7. The highest BCUT2D eigenvalue weighted by atomic mass is 35.5. The van der Waals surface area contributed by atoms with E-state index in [2.05, 4.69) is 20.8 Å². The average molecular weight is 551 g/mol. The summed E-state index contributed by atoms with van der Waals surface area (Å²) in [6, 6.07) is 12.3. The molecule has 0 N–H and O–H groups in total. The van der Waals surface area contributed by atoms with Crippen molar-refractivity contribution in [3.05, 3.63) is 64.3 Å². The zero-order chi connectivity index (χ0) is 28.1. The number of rotatable bonds is 6. The van der Waals surface area contributed by atoms with E-state index in [-0.39, 0.29) is 41.7 Å². The van der Waals surface area contributed by atoms with Crippen molar-refractivity contribution in [1.29, 1.82) is 0 Å². The Morgan fingerprint density at radius 2 is 1.77 bits per heavy atom. The summed E-state index contributed by atoms with van der Waals surface area (Å²) in [4.78, 5) is 41.5. The highest BCUT2D eigenvalue weighted by Crippen LogP contribution is 2.52. The number of esters is 1. The lowest BCUT2D eigenvalue weighted by Gasteiger charge is -2.39. The number of carbonyl (C=O) groups excluding carboxylic acids is 3. The molecule has 1 saturated carbocycles. The van der Waals surface area contributed by atoms with Crippen LogP contribution in [0.25, 0.3) is 10.9 Å². The van der Waals surface area contributed by atoms with E-state index in [1.165, 1.54) is 0 Å². The van der Waals surface area contributed by atoms with Crippen LogP contribution in [0.1, 0.15) is 61.6 Å². The number of hydrogen-bond acceptors (Lipinski definition) is 5. The highest BCUT2D eigenvalue weighted by molar-refractivity contribution is 6.30. The van der Waals surface area contributed by atoms with Crippen LogP contribution in [0, 0.1) is 17.8 Å². The number of likely N-dealkylation sites (tertiary alicyclic amines) is 1. The van der Waals surface area contributed by atoms with E-state index in [0.717, 1.165) is 24.6 Å². The molecule has 39 heavy (non-hydrogen) atoms. The molecule has 2 fully saturated rings. The average Bonchev–Trinajstić information content (AvgIpc) is 3.30. The largest absolute Gasteiger partial charge is 0.497 e. The van der Waals surface area contributed by atoms with Crippen molar-refractivity contribution in [3.8, 4) is 5.75 Å². The topological polar surface area (TPSA) is 77.8 Å². The van der Waals surface area contributed by atoms with Gasteiger partial charge in [0.25, 0.3) is 11.8 Å². The van der Waals surface area contributed by atoms with E-state index in [9.17, 15) is 14.4 Å². The second-order valence-electron chi connectivity index (χ2n) is 12.2. The molecule has 7 nitrogen and oxygen atoms in total. The predicted molar refractivity (Wildman–Crippen MR) is 150 cm³/mol. The van der Waals surface area contributed by atoms with E-state index in [1.807, 2.05) is 11.0 Å². The summed E-state index contributed by atoms with van der Waals surface area (Å²) in [5, 5.41) is 1.26. The Balaban J connectivity index is 1.35. The van der Waals surface area contributed by atoms with E-state index in [4.69, 9.17) is 21.1 Å². The van der Waals surface area contributed by atoms with Gasteiger partial charge in [-0.3, -0.25) is 19.0 Å². The van der Waals surface area contributed by atoms with Gasteiger partial charge in [-0.1, -0.05) is 32.4 Å². The van der Waals surface area contributed by atoms with Gasteiger partial charge in [0, 0.05) is 34.3 Å². The number of methoxy groups -OCH3 is 1. The molecule has 0 unspecified atom stereocenters. The third-order valence-electron chi connectivity index (χ3n) is 8.25. The van der Waals surface area contributed by atoms with E-state index in [1.54, 1.807) is 55.0 Å². The minimum Gasteiger partial charge on any atom is -0.497 e. The lowest BCUT2D eigenvalue weighted by molar-refractivity contribution is -0.152. The standard InChI is InChI=1S/C31H35ClN2O5/c1-19-24(13-28(36)39-16-27(35)33-18-31(4)15-22(33)14-30(2,3)17-31)25-12-23(38-5)10-11-26(25)34(19)29(37)20-6-8-21(32)9-7-20/h6-12,22H,13-18H2,1-5H3/t22-,31+/m1/s1. The SMILES string of the molecule is COc1ccc2c(c1)c(CC(=O)OCC(=O)N1C[C@@]3(C)C[C@H]1CC(C)(C)C3)c(C)n2C(=O)c1ccc(Cl)cc1. The quantitative estimate of drug-likeness (QED) is 0.362. The second-order valence-corrected chi connectivity index (χ2v) is 12.6. The van der Waals surface area contributed by atoms with Gasteiger partial charge in [0.2, 0.25) is 0 Å². The maximum Gasteiger partial charge on any atom is 0.310 e. The van der Waals surface area contributed by atoms with E-state index < -0.39 is 5.97 Å². The summed E-state index contributed by atoms with van der Waals surface area (Å²) in [7, 11) is 1.57. The van der Waals surface area contributed by atoms with Crippen LogP contribution in [0.3, 0.4) is 0 Å². The van der Waals surface area contributed by atoms with Crippen LogP contribution in [-0.2, 0) is 20.7 Å². The number of halogens is 1. The van der Waals surface area contributed by atoms with Gasteiger partial charge >= 0.3 is 5.97 Å². The zero-order valence-electron chi connectivity index (χ0n) is 23.2. The first kappa shape index (κ1) is 27.3. The summed E-state index contributed by atoms with van der Waals surface area (Å²) in [5.74, 6) is -0.278. The Bertz CT molecular complexity index is 1460. The molecule has 1 amide bonds. The molecule has 3 aromatic rings. The Morgan fingerprint density at radius 3 is 2.46 bits per heavy atom. The van der Waals surface area contributed by atoms with Gasteiger partial charge in [-0.05, 0) is 85.0 Å². The van der Waals surface area contributed by atoms with Gasteiger partial charge < -0.3 is 14.4 Å². The van der Waals surface area contributed by atoms with Gasteiger partial charge in [-0.2, -0.15) is 0 Å². The summed E-state index contributed by atoms with van der Waals surface area (Å²) in [6.45, 7) is 9.00. The minimum absolute atomic E-state index is 0.0716. The molecule has 2 heterocycles. The number of carbonyl (C=O) groups is 3. The summed E-state index contributed by atoms with van der Waals surface area (Å²) in [6.07, 6.45) is 2.97. The van der Waals surface area contributed by atoms with E-state index in [0.29, 0.717) is 39.7 Å². The fraction of sp³-hybridized carbons (Fsp3) is 0.452. The second kappa shape index (κ2) is 10.0. The number of benzene rings is 2. The summed E-state index contributed by atoms with van der Waals surface area (Å²) < 4.78 is 12.5. The molecule has 1 saturated heterocycles. The molecule has 206 valence electrons. The predicted octanol–water partition coefficient (Wildman–Crippen LogP) is 5.81. The molecule has 2 aromatic carbocycles. The van der Waals surface area contributed by atoms with Crippen LogP contribution < -0.4 is 4.74 Å². The Kier molecular flexibility index (Phi) is 7.00. The fourth-order valence-electron chi connectivity index (χ4n) is 6.97. The third-order valence-corrected chi connectivity index (χ3v) is 8.50. The molecule has 2 atom stereocenters. The highest BCUT2D eigenvalue weighted by Gasteiger charge is 2.51. The van der Waals surface area contributed by atoms with Crippen molar-refractivity contribution in [1.82, 2.24) is 9.47 Å². The maximum atomic E-state index is 13.5. The van der Waals surface area contributed by atoms with Crippen molar-refractivity contribution < 1.29 is 23.9 Å². The van der Waals surface area contributed by atoms with Crippen LogP contribution in [0.5, 0.6) is 5.75 Å². The molecule has 0 spiro atoms. The van der Waals surface area contributed by atoms with Crippen LogP contribution in [-0.4, -0.2) is 53.6 Å². The lowest BCUT2D eigenvalue weighted by atomic mass is 9.65. The van der Waals surface area contributed by atoms with Gasteiger partial charge in [0.05, 0.1) is 19.0 Å². The molecule has 5 rings (SSSR count). The molecule has 1 aliphatic carbocycles. The summed E-state index contributed by atoms with van der Waals surface area (Å²) in [5.41, 5.74) is 2.73. The monoisotopic (exact) mass is 550 g/mol. The van der Waals surface area contributed by atoms with Crippen molar-refractivity contribution in [3.63, 3.8) is 0 Å². The maximum absolute atomic E-state index is 13.5. The van der Waals surface area contributed by atoms with Crippen molar-refractivity contribution in [2.45, 2.75) is 59.4 Å². The van der Waals surface area contributed by atoms with Gasteiger partial charge in [-0.25, -0.2) is 0 Å². The van der Waals surface area contributed by atoms with E-state index >= 15 is 0 Å². The van der Waals surface area contributed by atoms with Crippen molar-refractivity contribution in [2.75, 3.05) is 20.3 Å². The van der Waals surface area contributed by atoms with Gasteiger partial charge in [0.1, 0.15) is 5.75 Å². The first-order valence-electron chi connectivity index (χ1n) is 13.3. The van der Waals surface area contributed by atoms with Gasteiger partial charge in [-0.15, -0.1) is 0 Å². The molecule has 1 aliphatic heterocycles. The number of hydrogen-bond donors (Lipinski definition) is 0. The molecule has 2 aliphatic rings. The fourth-order valence-corrected chi connectivity index (χ4v) is 7.09. The lowest BCUT2D eigenvalue weighted by Crippen LogP contribution is -2.40. The number of nitrogens with zero attached hydrogens (tertiary/aromatic N) is 2. The van der Waals surface area contributed by atoms with Crippen molar-refractivity contribution in [2.24, 2.45) is 10.8 Å². The molecular formula is C31H35ClN2O5. The molecular weight excluding hydrogens is 516 g/mol. The Labute approximate surface area is 234 Å². The van der Waals surface area contributed by atoms with Crippen molar-refractivity contribution >= 4 is 40.3 Å². The first-order valence-corrected chi connectivity index (χ1v) is 13.7. The Hall–Kier alpha value is -3.32. The Morgan fingerprint density at radius 1 is 1.05 bits per heavy atom. The molecule has 2 bridgehead atoms. The van der Waals surface area contributed by atoms with Crippen LogP contribution in [0.4, 0.5) is 0 Å². The van der Waals surface area contributed by atoms with Gasteiger partial charge in [0.15, 0.2) is 6.61 Å². The smallest absolute Gasteiger partial charge is 0.310 e. The summed E-state index contributed by atoms with van der Waals surface area (Å²) >= 11 is 6.01. The minimum atomic E-state index is -0.513. The third kappa shape index (κ3) is 5.29. The first-order chi connectivity index (χ1) is 18.4. The zero-order valence-corrected chi connectivity index (χ0v) is 23.9. The van der Waals surface area contributed by atoms with Crippen LogP contribution in [0.15, 0.2) is 42.5 Å². The molecule has 1 aromatic heterocycles. The number of fused-ring (bicyclic) bond motifs is 3. The van der Waals surface area contributed by atoms with Crippen LogP contribution in [0.2, 0.25) is 5.02 Å². The molecule has 8 heteroatoms. The van der Waals surface area contributed by atoms with Crippen LogP contribution >= 0.6 is 11.6 Å².